The number of hydrogen-bond donors (Lipinski definition) is 1. The molecule has 1 aromatic rings. The smallest absolute Gasteiger partial charge is 0.246 e. The Morgan fingerprint density at radius 1 is 1.43 bits per heavy atom. The zero-order valence-electron chi connectivity index (χ0n) is 7.76. The van der Waals surface area contributed by atoms with Crippen LogP contribution in [-0.2, 0) is 4.79 Å². The summed E-state index contributed by atoms with van der Waals surface area (Å²) in [6.07, 6.45) is 0. The second kappa shape index (κ2) is 4.67. The molecule has 76 valence electrons. The maximum atomic E-state index is 11.5. The van der Waals surface area contributed by atoms with Gasteiger partial charge in [0.1, 0.15) is 4.87 Å². The van der Waals surface area contributed by atoms with Crippen LogP contribution in [0, 0.1) is 0 Å². The minimum Gasteiger partial charge on any atom is -0.325 e. The predicted octanol–water partition coefficient (Wildman–Crippen LogP) is 2.86. The van der Waals surface area contributed by atoms with E-state index in [1.54, 1.807) is 19.1 Å². The third-order valence-electron chi connectivity index (χ3n) is 1.76. The molecule has 0 radical (unpaired) electrons. The minimum atomic E-state index is -1.06. The Balaban J connectivity index is 2.67. The molecular formula is C10H11Cl2NO. The number of halogens is 2. The topological polar surface area (TPSA) is 29.1 Å². The van der Waals surface area contributed by atoms with E-state index in [1.165, 1.54) is 0 Å². The van der Waals surface area contributed by atoms with Gasteiger partial charge in [0, 0.05) is 5.69 Å². The monoisotopic (exact) mass is 231 g/mol. The van der Waals surface area contributed by atoms with Gasteiger partial charge < -0.3 is 5.32 Å². The first-order valence-electron chi connectivity index (χ1n) is 4.17. The van der Waals surface area contributed by atoms with Crippen molar-refractivity contribution in [3.63, 3.8) is 0 Å². The second-order valence-corrected chi connectivity index (χ2v) is 4.25. The summed E-state index contributed by atoms with van der Waals surface area (Å²) in [7, 11) is 0. The number of carbonyl (C=O) groups is 1. The Hall–Kier alpha value is -0.730. The van der Waals surface area contributed by atoms with E-state index in [-0.39, 0.29) is 11.8 Å². The highest BCUT2D eigenvalue weighted by Gasteiger charge is 2.29. The molecule has 0 saturated carbocycles. The standard InChI is InChI=1S/C10H11Cl2NO/c1-10(12,7-11)9(14)13-8-5-3-2-4-6-8/h2-6H,7H2,1H3,(H,13,14). The molecule has 1 amide bonds. The second-order valence-electron chi connectivity index (χ2n) is 3.15. The highest BCUT2D eigenvalue weighted by atomic mass is 35.5. The number of hydrogen-bond acceptors (Lipinski definition) is 1. The Labute approximate surface area is 93.2 Å². The van der Waals surface area contributed by atoms with Crippen molar-refractivity contribution in [1.82, 2.24) is 0 Å². The number of nitrogens with one attached hydrogen (secondary N) is 1. The van der Waals surface area contributed by atoms with Crippen molar-refractivity contribution >= 4 is 34.8 Å². The van der Waals surface area contributed by atoms with Gasteiger partial charge in [0.25, 0.3) is 0 Å². The fourth-order valence-corrected chi connectivity index (χ4v) is 1.01. The highest BCUT2D eigenvalue weighted by Crippen LogP contribution is 2.18. The molecule has 0 heterocycles. The molecule has 14 heavy (non-hydrogen) atoms. The molecule has 0 aliphatic heterocycles. The normalized spacial score (nSPS) is 14.5. The number of carbonyl (C=O) groups excluding carboxylic acids is 1. The van der Waals surface area contributed by atoms with Gasteiger partial charge in [-0.15, -0.1) is 23.2 Å². The summed E-state index contributed by atoms with van der Waals surface area (Å²) in [5.74, 6) is -0.215. The van der Waals surface area contributed by atoms with Gasteiger partial charge in [-0.3, -0.25) is 4.79 Å². The zero-order valence-corrected chi connectivity index (χ0v) is 9.27. The maximum absolute atomic E-state index is 11.5. The molecular weight excluding hydrogens is 221 g/mol. The van der Waals surface area contributed by atoms with E-state index in [2.05, 4.69) is 5.32 Å². The lowest BCUT2D eigenvalue weighted by Crippen LogP contribution is -2.36. The van der Waals surface area contributed by atoms with E-state index < -0.39 is 4.87 Å². The van der Waals surface area contributed by atoms with Crippen molar-refractivity contribution in [2.75, 3.05) is 11.2 Å². The lowest BCUT2D eigenvalue weighted by atomic mass is 10.2. The van der Waals surface area contributed by atoms with Crippen LogP contribution in [0.1, 0.15) is 6.92 Å². The average Bonchev–Trinajstić information content (AvgIpc) is 2.19. The fourth-order valence-electron chi connectivity index (χ4n) is 0.844. The summed E-state index contributed by atoms with van der Waals surface area (Å²) in [5.41, 5.74) is 0.717. The number of alkyl halides is 2. The molecule has 0 aromatic heterocycles. The molecule has 0 saturated heterocycles. The number of para-hydroxylation sites is 1. The molecule has 4 heteroatoms. The third kappa shape index (κ3) is 2.89. The van der Waals surface area contributed by atoms with Crippen LogP contribution in [0.5, 0.6) is 0 Å². The Bertz CT molecular complexity index is 311. The molecule has 0 aliphatic rings. The maximum Gasteiger partial charge on any atom is 0.246 e. The largest absolute Gasteiger partial charge is 0.325 e. The van der Waals surface area contributed by atoms with Gasteiger partial charge in [-0.2, -0.15) is 0 Å². The lowest BCUT2D eigenvalue weighted by Gasteiger charge is -2.17. The van der Waals surface area contributed by atoms with Crippen LogP contribution >= 0.6 is 23.2 Å². The Kier molecular flexibility index (Phi) is 3.78. The summed E-state index contributed by atoms with van der Waals surface area (Å²) in [6.45, 7) is 1.58. The lowest BCUT2D eigenvalue weighted by molar-refractivity contribution is -0.117. The van der Waals surface area contributed by atoms with Gasteiger partial charge >= 0.3 is 0 Å². The van der Waals surface area contributed by atoms with E-state index in [0.29, 0.717) is 0 Å². The van der Waals surface area contributed by atoms with Gasteiger partial charge in [0.15, 0.2) is 0 Å². The first-order chi connectivity index (χ1) is 6.56. The van der Waals surface area contributed by atoms with E-state index in [1.807, 2.05) is 18.2 Å². The SMILES string of the molecule is CC(Cl)(CCl)C(=O)Nc1ccccc1. The van der Waals surface area contributed by atoms with Crippen molar-refractivity contribution in [3.05, 3.63) is 30.3 Å². The first-order valence-corrected chi connectivity index (χ1v) is 5.09. The highest BCUT2D eigenvalue weighted by molar-refractivity contribution is 6.40. The summed E-state index contributed by atoms with van der Waals surface area (Å²) in [6, 6.07) is 9.12. The molecule has 1 rings (SSSR count). The van der Waals surface area contributed by atoms with Gasteiger partial charge in [-0.25, -0.2) is 0 Å². The van der Waals surface area contributed by atoms with Gasteiger partial charge in [-0.05, 0) is 19.1 Å². The van der Waals surface area contributed by atoms with E-state index in [0.717, 1.165) is 5.69 Å². The molecule has 0 spiro atoms. The van der Waals surface area contributed by atoms with Crippen LogP contribution in [-0.4, -0.2) is 16.7 Å². The summed E-state index contributed by atoms with van der Waals surface area (Å²) >= 11 is 11.4. The van der Waals surface area contributed by atoms with Crippen LogP contribution in [0.15, 0.2) is 30.3 Å². The molecule has 1 atom stereocenters. The predicted molar refractivity (Wildman–Crippen MR) is 60.0 cm³/mol. The molecule has 0 fully saturated rings. The molecule has 2 nitrogen and oxygen atoms in total. The van der Waals surface area contributed by atoms with Crippen molar-refractivity contribution in [1.29, 1.82) is 0 Å². The number of anilines is 1. The minimum absolute atomic E-state index is 0.0766. The zero-order chi connectivity index (χ0) is 10.6. The Morgan fingerprint density at radius 2 is 2.00 bits per heavy atom. The van der Waals surface area contributed by atoms with Crippen LogP contribution in [0.25, 0.3) is 0 Å². The molecule has 1 aromatic carbocycles. The van der Waals surface area contributed by atoms with Gasteiger partial charge in [0.05, 0.1) is 5.88 Å². The van der Waals surface area contributed by atoms with Crippen LogP contribution in [0.2, 0.25) is 0 Å². The van der Waals surface area contributed by atoms with Crippen LogP contribution in [0.4, 0.5) is 5.69 Å². The van der Waals surface area contributed by atoms with Crippen molar-refractivity contribution < 1.29 is 4.79 Å². The van der Waals surface area contributed by atoms with E-state index >= 15 is 0 Å². The molecule has 0 bridgehead atoms. The van der Waals surface area contributed by atoms with Gasteiger partial charge in [-0.1, -0.05) is 18.2 Å². The van der Waals surface area contributed by atoms with Crippen molar-refractivity contribution in [2.45, 2.75) is 11.8 Å². The number of rotatable bonds is 3. The Morgan fingerprint density at radius 3 is 2.50 bits per heavy atom. The van der Waals surface area contributed by atoms with Crippen LogP contribution < -0.4 is 5.32 Å². The third-order valence-corrected chi connectivity index (χ3v) is 2.73. The van der Waals surface area contributed by atoms with Gasteiger partial charge in [0.2, 0.25) is 5.91 Å². The summed E-state index contributed by atoms with van der Waals surface area (Å²) in [4.78, 5) is 10.5. The fraction of sp³-hybridized carbons (Fsp3) is 0.300. The number of benzene rings is 1. The summed E-state index contributed by atoms with van der Waals surface area (Å²) in [5, 5.41) is 2.68. The van der Waals surface area contributed by atoms with Crippen molar-refractivity contribution in [3.8, 4) is 0 Å². The first kappa shape index (κ1) is 11.3. The average molecular weight is 232 g/mol. The number of amides is 1. The summed E-state index contributed by atoms with van der Waals surface area (Å²) < 4.78 is 0. The van der Waals surface area contributed by atoms with Crippen molar-refractivity contribution in [2.24, 2.45) is 0 Å². The molecule has 1 unspecified atom stereocenters. The van der Waals surface area contributed by atoms with Crippen LogP contribution in [0.3, 0.4) is 0 Å². The van der Waals surface area contributed by atoms with E-state index in [9.17, 15) is 4.79 Å². The quantitative estimate of drug-likeness (QED) is 0.797. The van der Waals surface area contributed by atoms with E-state index in [4.69, 9.17) is 23.2 Å². The molecule has 1 N–H and O–H groups in total. The molecule has 0 aliphatic carbocycles.